The van der Waals surface area contributed by atoms with Crippen molar-refractivity contribution < 1.29 is 0 Å². The first-order valence-corrected chi connectivity index (χ1v) is 14.8. The van der Waals surface area contributed by atoms with Gasteiger partial charge in [0.1, 0.15) is 16.9 Å². The molecular weight excluding hydrogens is 571 g/mol. The highest BCUT2D eigenvalue weighted by Gasteiger charge is 2.28. The van der Waals surface area contributed by atoms with Gasteiger partial charge in [0, 0.05) is 67.7 Å². The van der Waals surface area contributed by atoms with Gasteiger partial charge in [-0.3, -0.25) is 14.7 Å². The van der Waals surface area contributed by atoms with Gasteiger partial charge in [0.15, 0.2) is 0 Å². The Hall–Kier alpha value is -4.05. The summed E-state index contributed by atoms with van der Waals surface area (Å²) in [5.74, 6) is 0.356. The van der Waals surface area contributed by atoms with Crippen LogP contribution in [0.5, 0.6) is 0 Å². The monoisotopic (exact) mass is 598 g/mol. The van der Waals surface area contributed by atoms with Crippen LogP contribution in [0.15, 0.2) is 78.0 Å². The van der Waals surface area contributed by atoms with E-state index in [1.165, 1.54) is 35.8 Å². The summed E-state index contributed by atoms with van der Waals surface area (Å²) in [6.07, 6.45) is 8.91. The van der Waals surface area contributed by atoms with Crippen molar-refractivity contribution in [3.05, 3.63) is 93.6 Å². The Morgan fingerprint density at radius 2 is 1.60 bits per heavy atom. The smallest absolute Gasteiger partial charge is 0.282 e. The summed E-state index contributed by atoms with van der Waals surface area (Å²) < 4.78 is 1.21. The second kappa shape index (κ2) is 11.3. The standard InChI is InChI=1S/C31H28Cl2N8O/c32-25-5-2-6-26(33)29(25)41-30(42)24-19-35-31(37-28(24)27(38-41)20-11-13-34-14-12-20)36-21-7-9-23(10-8-21)40-17-15-39(16-18-40)22-3-1-4-22/h2,5-14,19,22H,1,3-4,15-18H2,(H,35,36,37). The number of hydrogen-bond donors (Lipinski definition) is 1. The molecule has 4 heterocycles. The van der Waals surface area contributed by atoms with Gasteiger partial charge in [0.05, 0.1) is 15.4 Å². The van der Waals surface area contributed by atoms with E-state index in [0.29, 0.717) is 32.9 Å². The van der Waals surface area contributed by atoms with Gasteiger partial charge in [-0.2, -0.15) is 9.78 Å². The van der Waals surface area contributed by atoms with Crippen molar-refractivity contribution in [1.82, 2.24) is 29.6 Å². The number of aromatic nitrogens is 5. The maximum atomic E-state index is 13.6. The summed E-state index contributed by atoms with van der Waals surface area (Å²) in [6, 6.07) is 17.8. The maximum Gasteiger partial charge on any atom is 0.282 e. The summed E-state index contributed by atoms with van der Waals surface area (Å²) in [4.78, 5) is 32.0. The highest BCUT2D eigenvalue weighted by molar-refractivity contribution is 6.37. The van der Waals surface area contributed by atoms with Crippen LogP contribution in [0.2, 0.25) is 10.0 Å². The number of rotatable bonds is 6. The summed E-state index contributed by atoms with van der Waals surface area (Å²) >= 11 is 12.9. The van der Waals surface area contributed by atoms with Gasteiger partial charge >= 0.3 is 0 Å². The number of anilines is 3. The number of hydrogen-bond acceptors (Lipinski definition) is 8. The molecule has 0 bridgehead atoms. The topological polar surface area (TPSA) is 92.1 Å². The number of para-hydroxylation sites is 1. The van der Waals surface area contributed by atoms with Gasteiger partial charge in [0.25, 0.3) is 5.56 Å². The summed E-state index contributed by atoms with van der Waals surface area (Å²) in [5, 5.41) is 8.86. The summed E-state index contributed by atoms with van der Waals surface area (Å²) in [5.41, 5.74) is 3.55. The van der Waals surface area contributed by atoms with E-state index < -0.39 is 5.56 Å². The molecule has 1 saturated carbocycles. The molecule has 7 rings (SSSR count). The third-order valence-corrected chi connectivity index (χ3v) is 8.74. The average molecular weight is 600 g/mol. The minimum absolute atomic E-state index is 0.287. The minimum atomic E-state index is -0.425. The largest absolute Gasteiger partial charge is 0.369 e. The maximum absolute atomic E-state index is 13.6. The molecule has 3 aromatic heterocycles. The van der Waals surface area contributed by atoms with Crippen LogP contribution in [0.4, 0.5) is 17.3 Å². The second-order valence-electron chi connectivity index (χ2n) is 10.6. The first-order chi connectivity index (χ1) is 20.5. The Morgan fingerprint density at radius 3 is 2.26 bits per heavy atom. The first kappa shape index (κ1) is 26.8. The van der Waals surface area contributed by atoms with Gasteiger partial charge in [-0.05, 0) is 61.4 Å². The van der Waals surface area contributed by atoms with Crippen LogP contribution in [-0.4, -0.2) is 61.9 Å². The van der Waals surface area contributed by atoms with Gasteiger partial charge < -0.3 is 10.2 Å². The van der Waals surface area contributed by atoms with Crippen LogP contribution in [0.1, 0.15) is 19.3 Å². The van der Waals surface area contributed by atoms with Gasteiger partial charge in [0.2, 0.25) is 5.95 Å². The van der Waals surface area contributed by atoms with E-state index in [2.05, 4.69) is 42.3 Å². The molecule has 2 fully saturated rings. The molecule has 0 amide bonds. The zero-order valence-electron chi connectivity index (χ0n) is 22.7. The first-order valence-electron chi connectivity index (χ1n) is 14.1. The lowest BCUT2D eigenvalue weighted by molar-refractivity contribution is 0.120. The quantitative estimate of drug-likeness (QED) is 0.256. The second-order valence-corrected chi connectivity index (χ2v) is 11.4. The Bertz CT molecular complexity index is 1780. The molecule has 9 nitrogen and oxygen atoms in total. The van der Waals surface area contributed by atoms with Crippen molar-refractivity contribution in [1.29, 1.82) is 0 Å². The van der Waals surface area contributed by atoms with Crippen molar-refractivity contribution in [2.24, 2.45) is 0 Å². The van der Waals surface area contributed by atoms with Crippen LogP contribution in [0.25, 0.3) is 27.8 Å². The SMILES string of the molecule is O=c1c2cnc(Nc3ccc(N4CCN(C5CCC5)CC4)cc3)nc2c(-c2ccncc2)nn1-c1c(Cl)cccc1Cl. The number of piperazine rings is 1. The predicted octanol–water partition coefficient (Wildman–Crippen LogP) is 5.96. The van der Waals surface area contributed by atoms with Crippen molar-refractivity contribution in [2.75, 3.05) is 36.4 Å². The fourth-order valence-corrected chi connectivity index (χ4v) is 6.17. The summed E-state index contributed by atoms with van der Waals surface area (Å²) in [6.45, 7) is 4.32. The molecule has 5 aromatic rings. The van der Waals surface area contributed by atoms with E-state index in [9.17, 15) is 4.79 Å². The van der Waals surface area contributed by atoms with Crippen molar-refractivity contribution in [3.8, 4) is 16.9 Å². The molecule has 0 atom stereocenters. The third kappa shape index (κ3) is 5.08. The highest BCUT2D eigenvalue weighted by atomic mass is 35.5. The molecule has 1 N–H and O–H groups in total. The minimum Gasteiger partial charge on any atom is -0.369 e. The normalized spacial score (nSPS) is 16.0. The molecule has 2 aliphatic rings. The number of benzene rings is 2. The van der Waals surface area contributed by atoms with Gasteiger partial charge in [-0.15, -0.1) is 0 Å². The molecular formula is C31H28Cl2N8O. The average Bonchev–Trinajstić information content (AvgIpc) is 2.98. The Kier molecular flexibility index (Phi) is 7.23. The molecule has 0 spiro atoms. The molecule has 42 heavy (non-hydrogen) atoms. The van der Waals surface area contributed by atoms with Crippen LogP contribution >= 0.6 is 23.2 Å². The van der Waals surface area contributed by atoms with Gasteiger partial charge in [-0.25, -0.2) is 9.97 Å². The number of fused-ring (bicyclic) bond motifs is 1. The van der Waals surface area contributed by atoms with Crippen molar-refractivity contribution in [3.63, 3.8) is 0 Å². The van der Waals surface area contributed by atoms with E-state index >= 15 is 0 Å². The van der Waals surface area contributed by atoms with Crippen LogP contribution in [-0.2, 0) is 0 Å². The molecule has 1 aliphatic carbocycles. The van der Waals surface area contributed by atoms with E-state index in [-0.39, 0.29) is 5.39 Å². The van der Waals surface area contributed by atoms with E-state index in [1.807, 2.05) is 24.3 Å². The Balaban J connectivity index is 1.19. The Labute approximate surface area is 252 Å². The molecule has 0 radical (unpaired) electrons. The number of nitrogens with zero attached hydrogens (tertiary/aromatic N) is 7. The van der Waals surface area contributed by atoms with E-state index in [4.69, 9.17) is 28.2 Å². The highest BCUT2D eigenvalue weighted by Crippen LogP contribution is 2.31. The molecule has 11 heteroatoms. The lowest BCUT2D eigenvalue weighted by Crippen LogP contribution is -2.52. The molecule has 1 saturated heterocycles. The Morgan fingerprint density at radius 1 is 0.881 bits per heavy atom. The lowest BCUT2D eigenvalue weighted by atomic mass is 9.91. The van der Waals surface area contributed by atoms with Crippen LogP contribution in [0, 0.1) is 0 Å². The number of halogens is 2. The molecule has 1 aliphatic heterocycles. The van der Waals surface area contributed by atoms with E-state index in [0.717, 1.165) is 43.5 Å². The van der Waals surface area contributed by atoms with E-state index in [1.54, 1.807) is 30.6 Å². The van der Waals surface area contributed by atoms with Crippen molar-refractivity contribution >= 4 is 51.4 Å². The zero-order valence-corrected chi connectivity index (χ0v) is 24.3. The molecule has 2 aromatic carbocycles. The van der Waals surface area contributed by atoms with Gasteiger partial charge in [-0.1, -0.05) is 35.7 Å². The van der Waals surface area contributed by atoms with Crippen LogP contribution in [0.3, 0.4) is 0 Å². The third-order valence-electron chi connectivity index (χ3n) is 8.13. The fraction of sp³-hybridized carbons (Fsp3) is 0.258. The number of pyridine rings is 1. The van der Waals surface area contributed by atoms with Crippen molar-refractivity contribution in [2.45, 2.75) is 25.3 Å². The zero-order chi connectivity index (χ0) is 28.6. The molecule has 212 valence electrons. The molecule has 0 unspecified atom stereocenters. The fourth-order valence-electron chi connectivity index (χ4n) is 5.61. The van der Waals surface area contributed by atoms with Crippen LogP contribution < -0.4 is 15.8 Å². The predicted molar refractivity (Wildman–Crippen MR) is 167 cm³/mol. The lowest BCUT2D eigenvalue weighted by Gasteiger charge is -2.43. The summed E-state index contributed by atoms with van der Waals surface area (Å²) in [7, 11) is 0. The number of nitrogens with one attached hydrogen (secondary N) is 1.